The SMILES string of the molecule is C[C@@H]1[C@H](CC(=O)N(C)C)CCCN1c1cnc(C(N)=O)c(Nc2ccc(C(=O)N3CCN(C)CC3)cc2)n1. The summed E-state index contributed by atoms with van der Waals surface area (Å²) >= 11 is 0. The zero-order chi connectivity index (χ0) is 27.4. The first-order valence-electron chi connectivity index (χ1n) is 13.1. The molecule has 0 saturated carbocycles. The number of anilines is 3. The van der Waals surface area contributed by atoms with Gasteiger partial charge in [0.15, 0.2) is 11.5 Å². The molecule has 3 heterocycles. The molecule has 2 aliphatic heterocycles. The number of rotatable bonds is 7. The Morgan fingerprint density at radius 2 is 1.76 bits per heavy atom. The molecular weight excluding hydrogens is 484 g/mol. The molecule has 2 aliphatic rings. The third-order valence-electron chi connectivity index (χ3n) is 7.56. The van der Waals surface area contributed by atoms with Crippen LogP contribution in [0.4, 0.5) is 17.3 Å². The number of amides is 3. The summed E-state index contributed by atoms with van der Waals surface area (Å²) in [6.45, 7) is 6.01. The highest BCUT2D eigenvalue weighted by Crippen LogP contribution is 2.31. The second kappa shape index (κ2) is 11.8. The normalized spacial score (nSPS) is 20.2. The summed E-state index contributed by atoms with van der Waals surface area (Å²) in [5, 5.41) is 3.16. The molecule has 2 fully saturated rings. The van der Waals surface area contributed by atoms with E-state index >= 15 is 0 Å². The fourth-order valence-corrected chi connectivity index (χ4v) is 5.04. The summed E-state index contributed by atoms with van der Waals surface area (Å²) in [6, 6.07) is 7.19. The molecule has 204 valence electrons. The number of hydrogen-bond acceptors (Lipinski definition) is 8. The van der Waals surface area contributed by atoms with Crippen molar-refractivity contribution in [3.8, 4) is 0 Å². The maximum Gasteiger partial charge on any atom is 0.271 e. The molecule has 4 rings (SSSR count). The van der Waals surface area contributed by atoms with Crippen molar-refractivity contribution in [2.75, 3.05) is 64.1 Å². The van der Waals surface area contributed by atoms with E-state index in [1.165, 1.54) is 0 Å². The summed E-state index contributed by atoms with van der Waals surface area (Å²) in [5.41, 5.74) is 6.90. The number of piperazine rings is 1. The van der Waals surface area contributed by atoms with E-state index in [1.807, 2.05) is 4.90 Å². The standard InChI is InChI=1S/C27H38N8O3/c1-18-20(16-23(36)32(2)3)6-5-11-35(18)22-17-29-24(25(28)37)26(31-22)30-21-9-7-19(8-10-21)27(38)34-14-12-33(4)13-15-34/h7-10,17-18,20H,5-6,11-16H2,1-4H3,(H2,28,37)(H,30,31)/t18-,20+/m1/s1. The molecule has 2 saturated heterocycles. The fourth-order valence-electron chi connectivity index (χ4n) is 5.04. The number of carbonyl (C=O) groups is 3. The zero-order valence-electron chi connectivity index (χ0n) is 22.7. The number of piperidine rings is 1. The van der Waals surface area contributed by atoms with Gasteiger partial charge in [0.05, 0.1) is 6.20 Å². The molecule has 0 radical (unpaired) electrons. The molecule has 11 nitrogen and oxygen atoms in total. The van der Waals surface area contributed by atoms with Gasteiger partial charge in [0.25, 0.3) is 11.8 Å². The minimum absolute atomic E-state index is 0.00523. The summed E-state index contributed by atoms with van der Waals surface area (Å²) in [5.74, 6) is 0.495. The molecule has 1 aromatic carbocycles. The third kappa shape index (κ3) is 6.21. The summed E-state index contributed by atoms with van der Waals surface area (Å²) in [7, 11) is 5.60. The first-order chi connectivity index (χ1) is 18.1. The second-order valence-electron chi connectivity index (χ2n) is 10.4. The molecule has 1 aromatic heterocycles. The first kappa shape index (κ1) is 27.3. The highest BCUT2D eigenvalue weighted by Gasteiger charge is 2.31. The van der Waals surface area contributed by atoms with Gasteiger partial charge in [0.1, 0.15) is 5.82 Å². The van der Waals surface area contributed by atoms with E-state index < -0.39 is 5.91 Å². The average Bonchev–Trinajstić information content (AvgIpc) is 2.90. The van der Waals surface area contributed by atoms with Crippen LogP contribution in [0.5, 0.6) is 0 Å². The lowest BCUT2D eigenvalue weighted by molar-refractivity contribution is -0.130. The van der Waals surface area contributed by atoms with E-state index in [1.54, 1.807) is 49.5 Å². The van der Waals surface area contributed by atoms with Crippen molar-refractivity contribution in [3.05, 3.63) is 41.7 Å². The van der Waals surface area contributed by atoms with Crippen LogP contribution < -0.4 is 16.0 Å². The van der Waals surface area contributed by atoms with Gasteiger partial charge >= 0.3 is 0 Å². The minimum atomic E-state index is -0.686. The molecule has 11 heteroatoms. The van der Waals surface area contributed by atoms with Gasteiger partial charge in [-0.1, -0.05) is 0 Å². The summed E-state index contributed by atoms with van der Waals surface area (Å²) in [4.78, 5) is 54.2. The monoisotopic (exact) mass is 522 g/mol. The minimum Gasteiger partial charge on any atom is -0.364 e. The van der Waals surface area contributed by atoms with Gasteiger partial charge in [-0.2, -0.15) is 0 Å². The van der Waals surface area contributed by atoms with Gasteiger partial charge in [-0.15, -0.1) is 0 Å². The predicted molar refractivity (Wildman–Crippen MR) is 147 cm³/mol. The van der Waals surface area contributed by atoms with E-state index in [4.69, 9.17) is 10.7 Å². The van der Waals surface area contributed by atoms with Crippen molar-refractivity contribution < 1.29 is 14.4 Å². The van der Waals surface area contributed by atoms with Gasteiger partial charge < -0.3 is 30.7 Å². The van der Waals surface area contributed by atoms with Crippen LogP contribution in [0.3, 0.4) is 0 Å². The Hall–Kier alpha value is -3.73. The number of likely N-dealkylation sites (N-methyl/N-ethyl adjacent to an activating group) is 1. The highest BCUT2D eigenvalue weighted by atomic mass is 16.2. The Kier molecular flexibility index (Phi) is 8.45. The Bertz CT molecular complexity index is 1160. The van der Waals surface area contributed by atoms with Gasteiger partial charge in [-0.05, 0) is 57.0 Å². The summed E-state index contributed by atoms with van der Waals surface area (Å²) in [6.07, 6.45) is 3.94. The number of benzene rings is 1. The lowest BCUT2D eigenvalue weighted by Gasteiger charge is -2.40. The van der Waals surface area contributed by atoms with E-state index in [2.05, 4.69) is 34.1 Å². The van der Waals surface area contributed by atoms with Crippen LogP contribution in [0.2, 0.25) is 0 Å². The van der Waals surface area contributed by atoms with E-state index in [9.17, 15) is 14.4 Å². The summed E-state index contributed by atoms with van der Waals surface area (Å²) < 4.78 is 0. The smallest absolute Gasteiger partial charge is 0.271 e. The van der Waals surface area contributed by atoms with E-state index in [0.717, 1.165) is 32.5 Å². The Morgan fingerprint density at radius 3 is 2.39 bits per heavy atom. The molecule has 0 bridgehead atoms. The average molecular weight is 523 g/mol. The Balaban J connectivity index is 1.51. The van der Waals surface area contributed by atoms with Crippen molar-refractivity contribution in [1.82, 2.24) is 24.7 Å². The topological polar surface area (TPSA) is 128 Å². The van der Waals surface area contributed by atoms with Gasteiger partial charge in [-0.3, -0.25) is 14.4 Å². The number of carbonyl (C=O) groups excluding carboxylic acids is 3. The molecular formula is C27H38N8O3. The molecule has 2 atom stereocenters. The molecule has 2 aromatic rings. The maximum atomic E-state index is 12.9. The first-order valence-corrected chi connectivity index (χ1v) is 13.1. The van der Waals surface area contributed by atoms with E-state index in [0.29, 0.717) is 36.6 Å². The van der Waals surface area contributed by atoms with Crippen LogP contribution in [0, 0.1) is 5.92 Å². The molecule has 0 unspecified atom stereocenters. The largest absolute Gasteiger partial charge is 0.364 e. The highest BCUT2D eigenvalue weighted by molar-refractivity contribution is 5.97. The quantitative estimate of drug-likeness (QED) is 0.563. The van der Waals surface area contributed by atoms with Gasteiger partial charge in [0, 0.05) is 70.5 Å². The van der Waals surface area contributed by atoms with Crippen LogP contribution in [0.15, 0.2) is 30.5 Å². The zero-order valence-corrected chi connectivity index (χ0v) is 22.7. The number of aromatic nitrogens is 2. The molecule has 3 N–H and O–H groups in total. The van der Waals surface area contributed by atoms with Crippen molar-refractivity contribution >= 4 is 35.0 Å². The molecule has 0 spiro atoms. The number of hydrogen-bond donors (Lipinski definition) is 2. The van der Waals surface area contributed by atoms with Crippen LogP contribution in [0.25, 0.3) is 0 Å². The third-order valence-corrected chi connectivity index (χ3v) is 7.56. The molecule has 38 heavy (non-hydrogen) atoms. The number of primary amides is 1. The van der Waals surface area contributed by atoms with Crippen molar-refractivity contribution in [1.29, 1.82) is 0 Å². The molecule has 0 aliphatic carbocycles. The van der Waals surface area contributed by atoms with Crippen LogP contribution in [0.1, 0.15) is 47.0 Å². The second-order valence-corrected chi connectivity index (χ2v) is 10.4. The number of nitrogens with two attached hydrogens (primary N) is 1. The van der Waals surface area contributed by atoms with Crippen molar-refractivity contribution in [2.45, 2.75) is 32.2 Å². The van der Waals surface area contributed by atoms with Gasteiger partial charge in [0.2, 0.25) is 5.91 Å². The lowest BCUT2D eigenvalue weighted by Crippen LogP contribution is -2.47. The molecule has 3 amide bonds. The number of nitrogens with one attached hydrogen (secondary N) is 1. The van der Waals surface area contributed by atoms with Gasteiger partial charge in [-0.25, -0.2) is 9.97 Å². The van der Waals surface area contributed by atoms with Crippen LogP contribution in [-0.2, 0) is 4.79 Å². The van der Waals surface area contributed by atoms with Crippen molar-refractivity contribution in [3.63, 3.8) is 0 Å². The fraction of sp³-hybridized carbons (Fsp3) is 0.519. The Labute approximate surface area is 224 Å². The van der Waals surface area contributed by atoms with E-state index in [-0.39, 0.29) is 35.3 Å². The Morgan fingerprint density at radius 1 is 1.08 bits per heavy atom. The van der Waals surface area contributed by atoms with Crippen LogP contribution >= 0.6 is 0 Å². The number of nitrogens with zero attached hydrogens (tertiary/aromatic N) is 6. The lowest BCUT2D eigenvalue weighted by atomic mass is 9.87. The predicted octanol–water partition coefficient (Wildman–Crippen LogP) is 1.79. The maximum absolute atomic E-state index is 12.9. The van der Waals surface area contributed by atoms with Crippen molar-refractivity contribution in [2.24, 2.45) is 11.7 Å². The van der Waals surface area contributed by atoms with Crippen LogP contribution in [-0.4, -0.2) is 102 Å².